The maximum absolute atomic E-state index is 12.4. The molecule has 144 valence electrons. The summed E-state index contributed by atoms with van der Waals surface area (Å²) < 4.78 is 30.3. The SMILES string of the molecule is Cc1cc(C)c(C(=O)COC(=O)c2ccc(S(=O)(=O)N(C)C)cc2)c(C)c1. The van der Waals surface area contributed by atoms with Crippen LogP contribution in [0.4, 0.5) is 0 Å². The van der Waals surface area contributed by atoms with Gasteiger partial charge in [-0.1, -0.05) is 17.7 Å². The topological polar surface area (TPSA) is 80.8 Å². The maximum Gasteiger partial charge on any atom is 0.338 e. The summed E-state index contributed by atoms with van der Waals surface area (Å²) >= 11 is 0. The predicted molar refractivity (Wildman–Crippen MR) is 103 cm³/mol. The smallest absolute Gasteiger partial charge is 0.338 e. The minimum atomic E-state index is -3.57. The number of hydrogen-bond acceptors (Lipinski definition) is 5. The number of ether oxygens (including phenoxy) is 1. The second-order valence-electron chi connectivity index (χ2n) is 6.58. The van der Waals surface area contributed by atoms with E-state index in [9.17, 15) is 18.0 Å². The van der Waals surface area contributed by atoms with Crippen LogP contribution in [-0.2, 0) is 14.8 Å². The molecule has 0 heterocycles. The third-order valence-corrected chi connectivity index (χ3v) is 5.99. The molecule has 0 aromatic heterocycles. The van der Waals surface area contributed by atoms with Gasteiger partial charge in [0.15, 0.2) is 6.61 Å². The number of sulfonamides is 1. The van der Waals surface area contributed by atoms with Crippen LogP contribution in [0.1, 0.15) is 37.4 Å². The monoisotopic (exact) mass is 389 g/mol. The average molecular weight is 389 g/mol. The third-order valence-electron chi connectivity index (χ3n) is 4.16. The van der Waals surface area contributed by atoms with Crippen LogP contribution in [0, 0.1) is 20.8 Å². The van der Waals surface area contributed by atoms with E-state index in [0.717, 1.165) is 21.0 Å². The molecule has 0 amide bonds. The van der Waals surface area contributed by atoms with E-state index in [4.69, 9.17) is 4.74 Å². The van der Waals surface area contributed by atoms with Crippen molar-refractivity contribution >= 4 is 21.8 Å². The normalized spacial score (nSPS) is 11.5. The van der Waals surface area contributed by atoms with Gasteiger partial charge >= 0.3 is 5.97 Å². The highest BCUT2D eigenvalue weighted by Gasteiger charge is 2.19. The number of Topliss-reactive ketones (excluding diaryl/α,β-unsaturated/α-hetero) is 1. The van der Waals surface area contributed by atoms with E-state index < -0.39 is 16.0 Å². The van der Waals surface area contributed by atoms with Gasteiger partial charge in [0.2, 0.25) is 15.8 Å². The Morgan fingerprint density at radius 2 is 1.48 bits per heavy atom. The Bertz CT molecular complexity index is 953. The molecule has 6 nitrogen and oxygen atoms in total. The molecule has 0 aliphatic heterocycles. The molecular formula is C20H23NO5S. The van der Waals surface area contributed by atoms with Gasteiger partial charge in [0, 0.05) is 19.7 Å². The van der Waals surface area contributed by atoms with Crippen LogP contribution >= 0.6 is 0 Å². The number of hydrogen-bond donors (Lipinski definition) is 0. The first-order valence-corrected chi connectivity index (χ1v) is 9.79. The zero-order valence-corrected chi connectivity index (χ0v) is 16.9. The van der Waals surface area contributed by atoms with Crippen molar-refractivity contribution in [3.63, 3.8) is 0 Å². The molecule has 0 unspecified atom stereocenters. The summed E-state index contributed by atoms with van der Waals surface area (Å²) in [7, 11) is -0.710. The number of nitrogens with zero attached hydrogens (tertiary/aromatic N) is 1. The molecular weight excluding hydrogens is 366 g/mol. The van der Waals surface area contributed by atoms with Gasteiger partial charge in [-0.05, 0) is 56.2 Å². The highest BCUT2D eigenvalue weighted by Crippen LogP contribution is 2.18. The van der Waals surface area contributed by atoms with Gasteiger partial charge in [-0.15, -0.1) is 0 Å². The summed E-state index contributed by atoms with van der Waals surface area (Å²) in [6.45, 7) is 5.27. The summed E-state index contributed by atoms with van der Waals surface area (Å²) in [5, 5.41) is 0. The summed E-state index contributed by atoms with van der Waals surface area (Å²) in [5.74, 6) is -0.954. The second kappa shape index (κ2) is 8.02. The lowest BCUT2D eigenvalue weighted by atomic mass is 9.97. The Labute approximate surface area is 159 Å². The number of aryl methyl sites for hydroxylation is 3. The number of rotatable bonds is 6. The van der Waals surface area contributed by atoms with Crippen LogP contribution < -0.4 is 0 Å². The standard InChI is InChI=1S/C20H23NO5S/c1-13-10-14(2)19(15(3)11-13)18(22)12-26-20(23)16-6-8-17(9-7-16)27(24,25)21(4)5/h6-11H,12H2,1-5H3. The molecule has 2 aromatic rings. The van der Waals surface area contributed by atoms with Crippen molar-refractivity contribution in [3.05, 3.63) is 64.2 Å². The van der Waals surface area contributed by atoms with Gasteiger partial charge in [-0.25, -0.2) is 17.5 Å². The minimum Gasteiger partial charge on any atom is -0.454 e. The molecule has 27 heavy (non-hydrogen) atoms. The maximum atomic E-state index is 12.4. The fourth-order valence-electron chi connectivity index (χ4n) is 2.88. The van der Waals surface area contributed by atoms with E-state index in [1.54, 1.807) is 0 Å². The Balaban J connectivity index is 2.09. The Kier molecular flexibility index (Phi) is 6.18. The molecule has 0 radical (unpaired) electrons. The molecule has 0 aliphatic rings. The molecule has 2 aromatic carbocycles. The number of carbonyl (C=O) groups is 2. The molecule has 0 N–H and O–H groups in total. The van der Waals surface area contributed by atoms with Gasteiger partial charge in [0.05, 0.1) is 10.5 Å². The van der Waals surface area contributed by atoms with Gasteiger partial charge in [0.1, 0.15) is 0 Å². The second-order valence-corrected chi connectivity index (χ2v) is 8.74. The molecule has 0 aliphatic carbocycles. The molecule has 0 bridgehead atoms. The minimum absolute atomic E-state index is 0.0750. The number of carbonyl (C=O) groups excluding carboxylic acids is 2. The van der Waals surface area contributed by atoms with Crippen molar-refractivity contribution < 1.29 is 22.7 Å². The first-order valence-electron chi connectivity index (χ1n) is 8.35. The van der Waals surface area contributed by atoms with E-state index >= 15 is 0 Å². The largest absolute Gasteiger partial charge is 0.454 e. The van der Waals surface area contributed by atoms with Gasteiger partial charge in [-0.3, -0.25) is 4.79 Å². The van der Waals surface area contributed by atoms with Crippen LogP contribution in [0.15, 0.2) is 41.3 Å². The predicted octanol–water partition coefficient (Wildman–Crippen LogP) is 2.90. The van der Waals surface area contributed by atoms with Crippen molar-refractivity contribution in [1.29, 1.82) is 0 Å². The fraction of sp³-hybridized carbons (Fsp3) is 0.300. The first-order chi connectivity index (χ1) is 12.5. The first kappa shape index (κ1) is 20.8. The molecule has 0 saturated heterocycles. The molecule has 0 atom stereocenters. The quantitative estimate of drug-likeness (QED) is 0.561. The highest BCUT2D eigenvalue weighted by atomic mass is 32.2. The average Bonchev–Trinajstić information content (AvgIpc) is 2.58. The summed E-state index contributed by atoms with van der Waals surface area (Å²) in [6, 6.07) is 9.22. The van der Waals surface area contributed by atoms with Crippen molar-refractivity contribution in [3.8, 4) is 0 Å². The Morgan fingerprint density at radius 3 is 1.96 bits per heavy atom. The lowest BCUT2D eigenvalue weighted by Crippen LogP contribution is -2.22. The van der Waals surface area contributed by atoms with Crippen LogP contribution in [-0.4, -0.2) is 45.2 Å². The van der Waals surface area contributed by atoms with Crippen molar-refractivity contribution in [2.45, 2.75) is 25.7 Å². The van der Waals surface area contributed by atoms with Gasteiger partial charge in [-0.2, -0.15) is 0 Å². The van der Waals surface area contributed by atoms with E-state index in [1.807, 2.05) is 32.9 Å². The Morgan fingerprint density at radius 1 is 0.963 bits per heavy atom. The van der Waals surface area contributed by atoms with Crippen LogP contribution in [0.25, 0.3) is 0 Å². The lowest BCUT2D eigenvalue weighted by Gasteiger charge is -2.12. The van der Waals surface area contributed by atoms with E-state index in [-0.39, 0.29) is 22.8 Å². The molecule has 7 heteroatoms. The molecule has 0 fully saturated rings. The summed E-state index contributed by atoms with van der Waals surface area (Å²) in [4.78, 5) is 24.7. The summed E-state index contributed by atoms with van der Waals surface area (Å²) in [5.41, 5.74) is 3.48. The number of benzene rings is 2. The summed E-state index contributed by atoms with van der Waals surface area (Å²) in [6.07, 6.45) is 0. The van der Waals surface area contributed by atoms with Crippen molar-refractivity contribution in [2.75, 3.05) is 20.7 Å². The van der Waals surface area contributed by atoms with E-state index in [2.05, 4.69) is 0 Å². The molecule has 2 rings (SSSR count). The third kappa shape index (κ3) is 4.61. The van der Waals surface area contributed by atoms with E-state index in [0.29, 0.717) is 5.56 Å². The Hall–Kier alpha value is -2.51. The van der Waals surface area contributed by atoms with E-state index in [1.165, 1.54) is 38.4 Å². The van der Waals surface area contributed by atoms with Gasteiger partial charge < -0.3 is 4.74 Å². The zero-order valence-electron chi connectivity index (χ0n) is 16.1. The number of esters is 1. The zero-order chi connectivity index (χ0) is 20.4. The molecule has 0 spiro atoms. The fourth-order valence-corrected chi connectivity index (χ4v) is 3.78. The number of ketones is 1. The van der Waals surface area contributed by atoms with Crippen molar-refractivity contribution in [1.82, 2.24) is 4.31 Å². The highest BCUT2D eigenvalue weighted by molar-refractivity contribution is 7.89. The van der Waals surface area contributed by atoms with Crippen LogP contribution in [0.5, 0.6) is 0 Å². The van der Waals surface area contributed by atoms with Crippen molar-refractivity contribution in [2.24, 2.45) is 0 Å². The van der Waals surface area contributed by atoms with Crippen LogP contribution in [0.2, 0.25) is 0 Å². The molecule has 0 saturated carbocycles. The van der Waals surface area contributed by atoms with Gasteiger partial charge in [0.25, 0.3) is 0 Å². The lowest BCUT2D eigenvalue weighted by molar-refractivity contribution is 0.0474. The van der Waals surface area contributed by atoms with Crippen LogP contribution in [0.3, 0.4) is 0 Å².